The Balaban J connectivity index is 1.60. The van der Waals surface area contributed by atoms with Crippen LogP contribution in [0, 0.1) is 0 Å². The van der Waals surface area contributed by atoms with E-state index in [9.17, 15) is 19.2 Å². The van der Waals surface area contributed by atoms with Crippen molar-refractivity contribution in [3.05, 3.63) is 100 Å². The number of aliphatic hydroxyl groups is 1. The van der Waals surface area contributed by atoms with E-state index in [0.717, 1.165) is 0 Å². The number of benzene rings is 3. The van der Waals surface area contributed by atoms with Gasteiger partial charge in [-0.3, -0.25) is 14.4 Å². The Morgan fingerprint density at radius 2 is 1.39 bits per heavy atom. The van der Waals surface area contributed by atoms with E-state index < -0.39 is 11.9 Å². The van der Waals surface area contributed by atoms with Crippen LogP contribution in [0.3, 0.4) is 0 Å². The first kappa shape index (κ1) is 20.2. The summed E-state index contributed by atoms with van der Waals surface area (Å²) >= 11 is 0. The van der Waals surface area contributed by atoms with Gasteiger partial charge in [0.1, 0.15) is 6.61 Å². The summed E-state index contributed by atoms with van der Waals surface area (Å²) in [6.07, 6.45) is 0. The molecule has 1 amide bonds. The standard InChI is InChI=1S/C24H17NO6/c26-12-13-31-24(30)15-10-8-14(9-11-15)23(29)25-19-7-3-6-18-20(19)22(28)17-5-2-1-4-16(17)21(18)27/h1-11,26H,12-13H2,(H,25,29). The minimum absolute atomic E-state index is 0.115. The number of carbonyl (C=O) groups excluding carboxylic acids is 4. The molecule has 0 heterocycles. The van der Waals surface area contributed by atoms with Gasteiger partial charge in [0.15, 0.2) is 11.6 Å². The van der Waals surface area contributed by atoms with Crippen molar-refractivity contribution < 1.29 is 29.0 Å². The van der Waals surface area contributed by atoms with E-state index in [1.54, 1.807) is 42.5 Å². The Kier molecular flexibility index (Phi) is 5.43. The molecule has 0 atom stereocenters. The van der Waals surface area contributed by atoms with Gasteiger partial charge in [0, 0.05) is 22.3 Å². The molecule has 0 radical (unpaired) electrons. The van der Waals surface area contributed by atoms with Crippen LogP contribution in [-0.2, 0) is 4.74 Å². The minimum atomic E-state index is -0.610. The average Bonchev–Trinajstić information content (AvgIpc) is 2.81. The molecule has 0 unspecified atom stereocenters. The van der Waals surface area contributed by atoms with Gasteiger partial charge in [-0.05, 0) is 30.3 Å². The highest BCUT2D eigenvalue weighted by Crippen LogP contribution is 2.32. The first-order valence-corrected chi connectivity index (χ1v) is 9.52. The molecule has 2 N–H and O–H groups in total. The molecule has 0 fully saturated rings. The molecule has 1 aliphatic rings. The number of carbonyl (C=O) groups is 4. The third kappa shape index (κ3) is 3.74. The second kappa shape index (κ2) is 8.33. The maximum absolute atomic E-state index is 13.0. The van der Waals surface area contributed by atoms with Gasteiger partial charge in [-0.2, -0.15) is 0 Å². The van der Waals surface area contributed by atoms with Crippen LogP contribution < -0.4 is 5.32 Å². The number of nitrogens with one attached hydrogen (secondary N) is 1. The van der Waals surface area contributed by atoms with Gasteiger partial charge in [-0.1, -0.05) is 36.4 Å². The molecule has 0 spiro atoms. The molecule has 0 saturated heterocycles. The largest absolute Gasteiger partial charge is 0.460 e. The fraction of sp³-hybridized carbons (Fsp3) is 0.0833. The molecule has 7 nitrogen and oxygen atoms in total. The van der Waals surface area contributed by atoms with Crippen LogP contribution in [0.1, 0.15) is 52.6 Å². The van der Waals surface area contributed by atoms with Crippen molar-refractivity contribution >= 4 is 29.1 Å². The van der Waals surface area contributed by atoms with Gasteiger partial charge in [-0.25, -0.2) is 4.79 Å². The Morgan fingerprint density at radius 3 is 2.06 bits per heavy atom. The van der Waals surface area contributed by atoms with Crippen LogP contribution in [0.4, 0.5) is 5.69 Å². The summed E-state index contributed by atoms with van der Waals surface area (Å²) in [5.41, 5.74) is 1.76. The molecule has 0 bridgehead atoms. The van der Waals surface area contributed by atoms with Crippen LogP contribution >= 0.6 is 0 Å². The molecule has 154 valence electrons. The number of fused-ring (bicyclic) bond motifs is 2. The van der Waals surface area contributed by atoms with Crippen molar-refractivity contribution in [2.45, 2.75) is 0 Å². The zero-order valence-electron chi connectivity index (χ0n) is 16.3. The lowest BCUT2D eigenvalue weighted by molar-refractivity contribution is 0.0433. The summed E-state index contributed by atoms with van der Waals surface area (Å²) in [5.74, 6) is -1.71. The van der Waals surface area contributed by atoms with Crippen LogP contribution in [-0.4, -0.2) is 41.8 Å². The number of esters is 1. The summed E-state index contributed by atoms with van der Waals surface area (Å²) in [6, 6.07) is 17.1. The van der Waals surface area contributed by atoms with Crippen molar-refractivity contribution in [2.24, 2.45) is 0 Å². The fourth-order valence-electron chi connectivity index (χ4n) is 3.42. The molecular formula is C24H17NO6. The average molecular weight is 415 g/mol. The van der Waals surface area contributed by atoms with E-state index >= 15 is 0 Å². The number of hydrogen-bond donors (Lipinski definition) is 2. The summed E-state index contributed by atoms with van der Waals surface area (Å²) in [6.45, 7) is -0.393. The maximum atomic E-state index is 13.0. The molecule has 3 aromatic carbocycles. The number of ketones is 2. The molecule has 0 aliphatic heterocycles. The lowest BCUT2D eigenvalue weighted by atomic mass is 9.83. The quantitative estimate of drug-likeness (QED) is 0.485. The Morgan fingerprint density at radius 1 is 0.774 bits per heavy atom. The van der Waals surface area contributed by atoms with Gasteiger partial charge in [-0.15, -0.1) is 0 Å². The third-order valence-corrected chi connectivity index (χ3v) is 4.91. The summed E-state index contributed by atoms with van der Waals surface area (Å²) in [4.78, 5) is 50.4. The van der Waals surface area contributed by atoms with E-state index in [2.05, 4.69) is 5.32 Å². The lowest BCUT2D eigenvalue weighted by Crippen LogP contribution is -2.24. The van der Waals surface area contributed by atoms with Crippen molar-refractivity contribution in [3.8, 4) is 0 Å². The predicted octanol–water partition coefficient (Wildman–Crippen LogP) is 2.86. The van der Waals surface area contributed by atoms with E-state index in [-0.39, 0.29) is 52.7 Å². The second-order valence-corrected chi connectivity index (χ2v) is 6.82. The predicted molar refractivity (Wildman–Crippen MR) is 112 cm³/mol. The van der Waals surface area contributed by atoms with Gasteiger partial charge in [0.25, 0.3) is 5.91 Å². The Hall–Kier alpha value is -4.10. The Bertz CT molecular complexity index is 1210. The van der Waals surface area contributed by atoms with E-state index in [4.69, 9.17) is 9.84 Å². The molecule has 3 aromatic rings. The fourth-order valence-corrected chi connectivity index (χ4v) is 3.42. The van der Waals surface area contributed by atoms with Gasteiger partial charge < -0.3 is 15.2 Å². The monoisotopic (exact) mass is 415 g/mol. The zero-order chi connectivity index (χ0) is 22.0. The highest BCUT2D eigenvalue weighted by molar-refractivity contribution is 6.30. The smallest absolute Gasteiger partial charge is 0.338 e. The number of rotatable bonds is 5. The number of aliphatic hydroxyl groups excluding tert-OH is 1. The topological polar surface area (TPSA) is 110 Å². The van der Waals surface area contributed by atoms with E-state index in [1.165, 1.54) is 24.3 Å². The number of ether oxygens (including phenoxy) is 1. The van der Waals surface area contributed by atoms with Gasteiger partial charge in [0.2, 0.25) is 0 Å². The Labute approximate surface area is 177 Å². The molecule has 0 saturated carbocycles. The highest BCUT2D eigenvalue weighted by atomic mass is 16.5. The van der Waals surface area contributed by atoms with Gasteiger partial charge in [0.05, 0.1) is 23.4 Å². The summed E-state index contributed by atoms with van der Waals surface area (Å²) in [7, 11) is 0. The SMILES string of the molecule is O=C(Nc1cccc2c1C(=O)c1ccccc1C2=O)c1ccc(C(=O)OCCO)cc1. The third-order valence-electron chi connectivity index (χ3n) is 4.91. The van der Waals surface area contributed by atoms with E-state index in [1.807, 2.05) is 0 Å². The molecule has 1 aliphatic carbocycles. The number of hydrogen-bond acceptors (Lipinski definition) is 6. The summed E-state index contributed by atoms with van der Waals surface area (Å²) < 4.78 is 4.83. The van der Waals surface area contributed by atoms with Crippen molar-refractivity contribution in [2.75, 3.05) is 18.5 Å². The van der Waals surface area contributed by atoms with Crippen LogP contribution in [0.25, 0.3) is 0 Å². The number of anilines is 1. The van der Waals surface area contributed by atoms with Crippen LogP contribution in [0.2, 0.25) is 0 Å². The number of amides is 1. The zero-order valence-corrected chi connectivity index (χ0v) is 16.3. The van der Waals surface area contributed by atoms with Crippen LogP contribution in [0.15, 0.2) is 66.7 Å². The normalized spacial score (nSPS) is 12.0. The molecule has 31 heavy (non-hydrogen) atoms. The van der Waals surface area contributed by atoms with Gasteiger partial charge >= 0.3 is 5.97 Å². The van der Waals surface area contributed by atoms with Crippen molar-refractivity contribution in [1.29, 1.82) is 0 Å². The van der Waals surface area contributed by atoms with Crippen molar-refractivity contribution in [3.63, 3.8) is 0 Å². The minimum Gasteiger partial charge on any atom is -0.460 e. The molecule has 0 aromatic heterocycles. The first-order chi connectivity index (χ1) is 15.0. The van der Waals surface area contributed by atoms with Crippen LogP contribution in [0.5, 0.6) is 0 Å². The summed E-state index contributed by atoms with van der Waals surface area (Å²) in [5, 5.41) is 11.4. The van der Waals surface area contributed by atoms with E-state index in [0.29, 0.717) is 11.1 Å². The molecule has 7 heteroatoms. The maximum Gasteiger partial charge on any atom is 0.338 e. The molecular weight excluding hydrogens is 398 g/mol. The molecule has 4 rings (SSSR count). The second-order valence-electron chi connectivity index (χ2n) is 6.82. The van der Waals surface area contributed by atoms with Crippen molar-refractivity contribution in [1.82, 2.24) is 0 Å². The highest BCUT2D eigenvalue weighted by Gasteiger charge is 2.31. The first-order valence-electron chi connectivity index (χ1n) is 9.52. The lowest BCUT2D eigenvalue weighted by Gasteiger charge is -2.20.